The van der Waals surface area contributed by atoms with Crippen LogP contribution in [0.4, 0.5) is 0 Å². The fourth-order valence-electron chi connectivity index (χ4n) is 8.26. The van der Waals surface area contributed by atoms with Crippen molar-refractivity contribution in [3.05, 3.63) is 76.9 Å². The summed E-state index contributed by atoms with van der Waals surface area (Å²) < 4.78 is 28.6. The highest BCUT2D eigenvalue weighted by Crippen LogP contribution is 2.56. The standard InChI is InChI=1S/C30H32O8.C12H23N/c1-3-12-35-20-9-10-21-22(14-20)27(18-5-7-19(34-2)8-6-18)29(30(32)33)28(21)23-15-25-26(38-17-37-25)16-24(23)36-13-4-11-31;1-3-7-11(8-4-1)13-12-9-5-2-6-10-12/h5-10,14-16,27-29,31H,3-4,11-13,17H2,1-2H3,(H,32,33);11-13H,1-10H2. The Labute approximate surface area is 302 Å². The van der Waals surface area contributed by atoms with E-state index in [0.717, 1.165) is 35.2 Å². The molecule has 0 spiro atoms. The van der Waals surface area contributed by atoms with Crippen LogP contribution in [0.5, 0.6) is 28.7 Å². The second-order valence-electron chi connectivity index (χ2n) is 14.2. The van der Waals surface area contributed by atoms with Crippen molar-refractivity contribution in [3.8, 4) is 28.7 Å². The molecule has 7 rings (SSSR count). The molecule has 1 aliphatic heterocycles. The van der Waals surface area contributed by atoms with E-state index in [0.29, 0.717) is 47.3 Å². The number of hydrogen-bond acceptors (Lipinski definition) is 8. The van der Waals surface area contributed by atoms with Gasteiger partial charge in [-0.05, 0) is 79.1 Å². The summed E-state index contributed by atoms with van der Waals surface area (Å²) in [5, 5.41) is 23.8. The first kappa shape index (κ1) is 36.8. The number of hydrogen-bond donors (Lipinski definition) is 3. The molecule has 3 aromatic rings. The van der Waals surface area contributed by atoms with E-state index in [2.05, 4.69) is 5.32 Å². The van der Waals surface area contributed by atoms with Crippen molar-refractivity contribution in [1.29, 1.82) is 0 Å². The molecule has 3 N–H and O–H groups in total. The summed E-state index contributed by atoms with van der Waals surface area (Å²) in [6.45, 7) is 2.98. The average molecular weight is 702 g/mol. The molecule has 9 nitrogen and oxygen atoms in total. The summed E-state index contributed by atoms with van der Waals surface area (Å²) in [6, 6.07) is 18.7. The Bertz CT molecular complexity index is 1550. The number of nitrogens with one attached hydrogen (secondary N) is 1. The van der Waals surface area contributed by atoms with Gasteiger partial charge < -0.3 is 39.2 Å². The number of aliphatic carboxylic acids is 1. The third-order valence-corrected chi connectivity index (χ3v) is 10.8. The topological polar surface area (TPSA) is 116 Å². The van der Waals surface area contributed by atoms with E-state index >= 15 is 0 Å². The number of aliphatic hydroxyl groups excluding tert-OH is 1. The van der Waals surface area contributed by atoms with Crippen LogP contribution < -0.4 is 29.0 Å². The van der Waals surface area contributed by atoms with Crippen molar-refractivity contribution in [2.24, 2.45) is 5.92 Å². The first-order valence-corrected chi connectivity index (χ1v) is 19.1. The van der Waals surface area contributed by atoms with Gasteiger partial charge in [0.15, 0.2) is 11.5 Å². The predicted octanol–water partition coefficient (Wildman–Crippen LogP) is 8.19. The molecule has 0 saturated heterocycles. The van der Waals surface area contributed by atoms with Crippen LogP contribution in [0.15, 0.2) is 54.6 Å². The Morgan fingerprint density at radius 2 is 1.41 bits per heavy atom. The van der Waals surface area contributed by atoms with E-state index in [1.165, 1.54) is 64.2 Å². The van der Waals surface area contributed by atoms with E-state index < -0.39 is 23.7 Å². The number of fused-ring (bicyclic) bond motifs is 2. The molecule has 3 aromatic carbocycles. The Balaban J connectivity index is 0.000000288. The van der Waals surface area contributed by atoms with E-state index in [1.54, 1.807) is 13.2 Å². The molecule has 276 valence electrons. The summed E-state index contributed by atoms with van der Waals surface area (Å²) in [5.74, 6) is 0.343. The van der Waals surface area contributed by atoms with E-state index in [4.69, 9.17) is 23.7 Å². The fraction of sp³-hybridized carbons (Fsp3) is 0.548. The molecule has 0 bridgehead atoms. The zero-order valence-electron chi connectivity index (χ0n) is 30.2. The van der Waals surface area contributed by atoms with E-state index in [-0.39, 0.29) is 20.0 Å². The molecule has 51 heavy (non-hydrogen) atoms. The second-order valence-corrected chi connectivity index (χ2v) is 14.2. The van der Waals surface area contributed by atoms with Gasteiger partial charge in [0.05, 0.1) is 26.2 Å². The molecule has 2 saturated carbocycles. The van der Waals surface area contributed by atoms with Gasteiger partial charge in [0.1, 0.15) is 17.2 Å². The molecule has 0 aromatic heterocycles. The number of aliphatic hydroxyl groups is 1. The van der Waals surface area contributed by atoms with Crippen LogP contribution in [0.2, 0.25) is 0 Å². The van der Waals surface area contributed by atoms with Crippen LogP contribution in [0, 0.1) is 5.92 Å². The molecule has 0 amide bonds. The van der Waals surface area contributed by atoms with Crippen molar-refractivity contribution in [2.45, 2.75) is 108 Å². The third-order valence-electron chi connectivity index (χ3n) is 10.8. The van der Waals surface area contributed by atoms with E-state index in [1.807, 2.05) is 55.5 Å². The maximum atomic E-state index is 13.0. The fourth-order valence-corrected chi connectivity index (χ4v) is 8.26. The van der Waals surface area contributed by atoms with Crippen molar-refractivity contribution >= 4 is 5.97 Å². The predicted molar refractivity (Wildman–Crippen MR) is 197 cm³/mol. The number of rotatable bonds is 13. The maximum absolute atomic E-state index is 13.0. The lowest BCUT2D eigenvalue weighted by Gasteiger charge is -2.30. The van der Waals surface area contributed by atoms with Crippen molar-refractivity contribution in [2.75, 3.05) is 33.7 Å². The van der Waals surface area contributed by atoms with Gasteiger partial charge >= 0.3 is 5.97 Å². The largest absolute Gasteiger partial charge is 0.497 e. The lowest BCUT2D eigenvalue weighted by atomic mass is 9.79. The van der Waals surface area contributed by atoms with Crippen LogP contribution in [-0.2, 0) is 4.79 Å². The monoisotopic (exact) mass is 701 g/mol. The quantitative estimate of drug-likeness (QED) is 0.152. The Morgan fingerprint density at radius 3 is 2.02 bits per heavy atom. The minimum absolute atomic E-state index is 0.00994. The Kier molecular flexibility index (Phi) is 13.0. The zero-order chi connectivity index (χ0) is 35.6. The van der Waals surface area contributed by atoms with Crippen LogP contribution in [0.3, 0.4) is 0 Å². The molecule has 9 heteroatoms. The lowest BCUT2D eigenvalue weighted by molar-refractivity contribution is -0.142. The van der Waals surface area contributed by atoms with Gasteiger partial charge in [-0.25, -0.2) is 0 Å². The van der Waals surface area contributed by atoms with E-state index in [9.17, 15) is 15.0 Å². The molecular weight excluding hydrogens is 646 g/mol. The summed E-state index contributed by atoms with van der Waals surface area (Å²) in [4.78, 5) is 13.0. The van der Waals surface area contributed by atoms with Gasteiger partial charge in [-0.15, -0.1) is 0 Å². The van der Waals surface area contributed by atoms with Crippen LogP contribution in [0.25, 0.3) is 0 Å². The maximum Gasteiger partial charge on any atom is 0.308 e. The van der Waals surface area contributed by atoms with Crippen molar-refractivity contribution < 1.29 is 38.7 Å². The zero-order valence-corrected chi connectivity index (χ0v) is 30.2. The average Bonchev–Trinajstić information content (AvgIpc) is 3.77. The summed E-state index contributed by atoms with van der Waals surface area (Å²) in [7, 11) is 1.60. The normalized spacial score (nSPS) is 21.4. The molecule has 3 atom stereocenters. The van der Waals surface area contributed by atoms with Gasteiger partial charge in [0.25, 0.3) is 0 Å². The molecule has 3 aliphatic carbocycles. The number of carboxylic acids is 1. The highest BCUT2D eigenvalue weighted by Gasteiger charge is 2.48. The number of benzene rings is 3. The van der Waals surface area contributed by atoms with Crippen molar-refractivity contribution in [3.63, 3.8) is 0 Å². The summed E-state index contributed by atoms with van der Waals surface area (Å²) >= 11 is 0. The molecule has 3 unspecified atom stereocenters. The summed E-state index contributed by atoms with van der Waals surface area (Å²) in [5.41, 5.74) is 3.38. The molecular formula is C42H55NO8. The first-order valence-electron chi connectivity index (χ1n) is 19.1. The highest BCUT2D eigenvalue weighted by atomic mass is 16.7. The second kappa shape index (κ2) is 18.0. The van der Waals surface area contributed by atoms with Gasteiger partial charge in [0, 0.05) is 48.6 Å². The molecule has 1 heterocycles. The number of ether oxygens (including phenoxy) is 5. The number of carbonyl (C=O) groups is 1. The SMILES string of the molecule is C1CCC(NC2CCCCC2)CC1.CCCOc1ccc2c(c1)C(c1ccc(OC)cc1)C(C(=O)O)C2c1cc2c(cc1OCCCO)OCO2. The summed E-state index contributed by atoms with van der Waals surface area (Å²) in [6.07, 6.45) is 15.9. The minimum Gasteiger partial charge on any atom is -0.497 e. The van der Waals surface area contributed by atoms with Gasteiger partial charge in [-0.2, -0.15) is 0 Å². The molecule has 0 radical (unpaired) electrons. The van der Waals surface area contributed by atoms with Crippen LogP contribution in [0.1, 0.15) is 118 Å². The molecule has 2 fully saturated rings. The minimum atomic E-state index is -0.915. The highest BCUT2D eigenvalue weighted by molar-refractivity contribution is 5.79. The Hall–Kier alpha value is -3.95. The lowest BCUT2D eigenvalue weighted by Crippen LogP contribution is -2.40. The first-order chi connectivity index (χ1) is 25.0. The van der Waals surface area contributed by atoms with Gasteiger partial charge in [-0.3, -0.25) is 4.79 Å². The molecule has 4 aliphatic rings. The third kappa shape index (κ3) is 8.93. The number of methoxy groups -OCH3 is 1. The van der Waals surface area contributed by atoms with Crippen LogP contribution in [-0.4, -0.2) is 62.0 Å². The van der Waals surface area contributed by atoms with Crippen molar-refractivity contribution in [1.82, 2.24) is 5.32 Å². The van der Waals surface area contributed by atoms with Gasteiger partial charge in [-0.1, -0.05) is 63.6 Å². The number of carboxylic acid groups (broad SMARTS) is 1. The smallest absolute Gasteiger partial charge is 0.308 e. The van der Waals surface area contributed by atoms with Crippen LogP contribution >= 0.6 is 0 Å². The Morgan fingerprint density at radius 1 is 0.765 bits per heavy atom. The van der Waals surface area contributed by atoms with Gasteiger partial charge in [0.2, 0.25) is 6.79 Å².